The Bertz CT molecular complexity index is 703. The number of aromatic nitrogens is 1. The largest absolute Gasteiger partial charge is 0.494 e. The van der Waals surface area contributed by atoms with Gasteiger partial charge in [-0.3, -0.25) is 4.79 Å². The molecule has 6 nitrogen and oxygen atoms in total. The molecule has 0 aliphatic rings. The molecule has 7 heteroatoms. The minimum Gasteiger partial charge on any atom is -0.494 e. The van der Waals surface area contributed by atoms with Crippen molar-refractivity contribution >= 4 is 17.6 Å². The van der Waals surface area contributed by atoms with Crippen molar-refractivity contribution in [2.24, 2.45) is 0 Å². The minimum atomic E-state index is -1.24. The maximum absolute atomic E-state index is 13.5. The van der Waals surface area contributed by atoms with Gasteiger partial charge in [0.1, 0.15) is 11.4 Å². The molecule has 0 atom stereocenters. The van der Waals surface area contributed by atoms with Crippen molar-refractivity contribution in [1.29, 1.82) is 0 Å². The smallest absolute Gasteiger partial charge is 0.354 e. The number of rotatable bonds is 4. The molecule has 1 aromatic heterocycles. The van der Waals surface area contributed by atoms with E-state index in [-0.39, 0.29) is 22.8 Å². The van der Waals surface area contributed by atoms with Crippen molar-refractivity contribution in [1.82, 2.24) is 4.98 Å². The number of pyridine rings is 1. The fourth-order valence-corrected chi connectivity index (χ4v) is 1.62. The van der Waals surface area contributed by atoms with E-state index in [1.54, 1.807) is 0 Å². The van der Waals surface area contributed by atoms with Gasteiger partial charge >= 0.3 is 5.97 Å². The number of carbonyl (C=O) groups excluding carboxylic acids is 1. The molecule has 0 bridgehead atoms. The van der Waals surface area contributed by atoms with Crippen molar-refractivity contribution in [2.45, 2.75) is 0 Å². The molecule has 0 saturated carbocycles. The van der Waals surface area contributed by atoms with Gasteiger partial charge in [-0.1, -0.05) is 6.07 Å². The van der Waals surface area contributed by atoms with Crippen molar-refractivity contribution in [3.8, 4) is 5.75 Å². The highest BCUT2D eigenvalue weighted by Gasteiger charge is 2.12. The highest BCUT2D eigenvalue weighted by molar-refractivity contribution is 6.03. The van der Waals surface area contributed by atoms with Gasteiger partial charge in [-0.05, 0) is 24.3 Å². The van der Waals surface area contributed by atoms with Gasteiger partial charge in [-0.2, -0.15) is 0 Å². The minimum absolute atomic E-state index is 0.0546. The maximum Gasteiger partial charge on any atom is 0.354 e. The van der Waals surface area contributed by atoms with E-state index in [1.165, 1.54) is 37.4 Å². The summed E-state index contributed by atoms with van der Waals surface area (Å²) in [6.45, 7) is 0. The van der Waals surface area contributed by atoms with Crippen LogP contribution in [0.4, 0.5) is 10.1 Å². The molecular formula is C14H11FN2O4. The molecule has 0 unspecified atom stereocenters. The second-order valence-corrected chi connectivity index (χ2v) is 4.02. The summed E-state index contributed by atoms with van der Waals surface area (Å²) in [5.74, 6) is -2.44. The number of hydrogen-bond acceptors (Lipinski definition) is 4. The number of carbonyl (C=O) groups is 2. The SMILES string of the molecule is COc1ccc(NC(=O)c2cccc(C(=O)O)n2)cc1F. The van der Waals surface area contributed by atoms with Crippen LogP contribution >= 0.6 is 0 Å². The molecule has 0 spiro atoms. The number of amides is 1. The van der Waals surface area contributed by atoms with Crippen LogP contribution in [0.25, 0.3) is 0 Å². The van der Waals surface area contributed by atoms with E-state index in [0.29, 0.717) is 0 Å². The number of anilines is 1. The van der Waals surface area contributed by atoms with E-state index in [4.69, 9.17) is 9.84 Å². The summed E-state index contributed by atoms with van der Waals surface area (Å²) in [6, 6.07) is 7.96. The van der Waals surface area contributed by atoms with Gasteiger partial charge in [0.05, 0.1) is 7.11 Å². The van der Waals surface area contributed by atoms with Gasteiger partial charge < -0.3 is 15.2 Å². The molecule has 0 saturated heterocycles. The number of ether oxygens (including phenoxy) is 1. The number of nitrogens with one attached hydrogen (secondary N) is 1. The molecule has 1 heterocycles. The Balaban J connectivity index is 2.20. The number of hydrogen-bond donors (Lipinski definition) is 2. The van der Waals surface area contributed by atoms with Crippen LogP contribution in [0.15, 0.2) is 36.4 Å². The predicted molar refractivity (Wildman–Crippen MR) is 72.1 cm³/mol. The molecular weight excluding hydrogens is 279 g/mol. The fraction of sp³-hybridized carbons (Fsp3) is 0.0714. The van der Waals surface area contributed by atoms with Gasteiger partial charge in [0.2, 0.25) is 0 Å². The first kappa shape index (κ1) is 14.4. The topological polar surface area (TPSA) is 88.5 Å². The van der Waals surface area contributed by atoms with Gasteiger partial charge in [-0.25, -0.2) is 14.2 Å². The Kier molecular flexibility index (Phi) is 4.13. The summed E-state index contributed by atoms with van der Waals surface area (Å²) in [6.07, 6.45) is 0. The monoisotopic (exact) mass is 290 g/mol. The third-order valence-electron chi connectivity index (χ3n) is 2.61. The van der Waals surface area contributed by atoms with Crippen LogP contribution in [0.3, 0.4) is 0 Å². The lowest BCUT2D eigenvalue weighted by molar-refractivity contribution is 0.0690. The Labute approximate surface area is 119 Å². The maximum atomic E-state index is 13.5. The normalized spacial score (nSPS) is 10.0. The average molecular weight is 290 g/mol. The summed E-state index contributed by atoms with van der Waals surface area (Å²) in [5.41, 5.74) is -0.115. The van der Waals surface area contributed by atoms with Crippen LogP contribution in [0.2, 0.25) is 0 Å². The highest BCUT2D eigenvalue weighted by atomic mass is 19.1. The first-order valence-corrected chi connectivity index (χ1v) is 5.86. The number of halogens is 1. The number of aromatic carboxylic acids is 1. The number of carboxylic acid groups (broad SMARTS) is 1. The summed E-state index contributed by atoms with van der Waals surface area (Å²) in [5, 5.41) is 11.2. The van der Waals surface area contributed by atoms with E-state index in [9.17, 15) is 14.0 Å². The van der Waals surface area contributed by atoms with Gasteiger partial charge in [-0.15, -0.1) is 0 Å². The zero-order chi connectivity index (χ0) is 15.4. The third-order valence-corrected chi connectivity index (χ3v) is 2.61. The van der Waals surface area contributed by atoms with E-state index in [0.717, 1.165) is 6.07 Å². The van der Waals surface area contributed by atoms with Crippen LogP contribution in [-0.2, 0) is 0 Å². The van der Waals surface area contributed by atoms with Crippen LogP contribution in [-0.4, -0.2) is 29.1 Å². The molecule has 21 heavy (non-hydrogen) atoms. The quantitative estimate of drug-likeness (QED) is 0.901. The highest BCUT2D eigenvalue weighted by Crippen LogP contribution is 2.20. The number of methoxy groups -OCH3 is 1. The molecule has 108 valence electrons. The fourth-order valence-electron chi connectivity index (χ4n) is 1.62. The molecule has 1 amide bonds. The first-order valence-electron chi connectivity index (χ1n) is 5.86. The van der Waals surface area contributed by atoms with Crippen LogP contribution in [0, 0.1) is 5.82 Å². The Morgan fingerprint density at radius 1 is 1.24 bits per heavy atom. The van der Waals surface area contributed by atoms with Crippen molar-refractivity contribution in [3.05, 3.63) is 53.6 Å². The van der Waals surface area contributed by atoms with Crippen LogP contribution in [0.5, 0.6) is 5.75 Å². The van der Waals surface area contributed by atoms with E-state index >= 15 is 0 Å². The number of nitrogens with zero attached hydrogens (tertiary/aromatic N) is 1. The van der Waals surface area contributed by atoms with Crippen LogP contribution in [0.1, 0.15) is 21.0 Å². The standard InChI is InChI=1S/C14H11FN2O4/c1-21-12-6-5-8(7-9(12)15)16-13(18)10-3-2-4-11(17-10)14(19)20/h2-7H,1H3,(H,16,18)(H,19,20). The molecule has 2 rings (SSSR count). The molecule has 0 fully saturated rings. The predicted octanol–water partition coefficient (Wildman–Crippen LogP) is 2.18. The first-order chi connectivity index (χ1) is 10.0. The lowest BCUT2D eigenvalue weighted by Crippen LogP contribution is -2.15. The second-order valence-electron chi connectivity index (χ2n) is 4.02. The summed E-state index contributed by atoms with van der Waals surface area (Å²) < 4.78 is 18.3. The second kappa shape index (κ2) is 6.00. The van der Waals surface area contributed by atoms with E-state index in [2.05, 4.69) is 10.3 Å². The average Bonchev–Trinajstić information content (AvgIpc) is 2.47. The Morgan fingerprint density at radius 3 is 2.57 bits per heavy atom. The Hall–Kier alpha value is -2.96. The number of carboxylic acids is 1. The van der Waals surface area contributed by atoms with Crippen molar-refractivity contribution in [3.63, 3.8) is 0 Å². The third kappa shape index (κ3) is 3.33. The van der Waals surface area contributed by atoms with Crippen molar-refractivity contribution < 1.29 is 23.8 Å². The lowest BCUT2D eigenvalue weighted by Gasteiger charge is -2.07. The molecule has 1 aromatic carbocycles. The number of benzene rings is 1. The molecule has 2 N–H and O–H groups in total. The lowest BCUT2D eigenvalue weighted by atomic mass is 10.2. The summed E-state index contributed by atoms with van der Waals surface area (Å²) >= 11 is 0. The summed E-state index contributed by atoms with van der Waals surface area (Å²) in [7, 11) is 1.33. The van der Waals surface area contributed by atoms with E-state index in [1.807, 2.05) is 0 Å². The van der Waals surface area contributed by atoms with Crippen LogP contribution < -0.4 is 10.1 Å². The molecule has 0 aliphatic heterocycles. The van der Waals surface area contributed by atoms with Gasteiger partial charge in [0.25, 0.3) is 5.91 Å². The molecule has 0 aliphatic carbocycles. The summed E-state index contributed by atoms with van der Waals surface area (Å²) in [4.78, 5) is 26.4. The Morgan fingerprint density at radius 2 is 1.95 bits per heavy atom. The zero-order valence-corrected chi connectivity index (χ0v) is 11.0. The van der Waals surface area contributed by atoms with E-state index < -0.39 is 17.7 Å². The zero-order valence-electron chi connectivity index (χ0n) is 11.0. The van der Waals surface area contributed by atoms with Gasteiger partial charge in [0, 0.05) is 11.8 Å². The van der Waals surface area contributed by atoms with Crippen molar-refractivity contribution in [2.75, 3.05) is 12.4 Å². The molecule has 0 radical (unpaired) electrons. The van der Waals surface area contributed by atoms with Gasteiger partial charge in [0.15, 0.2) is 11.6 Å². The molecule has 2 aromatic rings.